The molecule has 0 amide bonds. The van der Waals surface area contributed by atoms with E-state index in [1.165, 1.54) is 58.0 Å². The van der Waals surface area contributed by atoms with Crippen LogP contribution in [0.25, 0.3) is 0 Å². The van der Waals surface area contributed by atoms with Gasteiger partial charge in [-0.1, -0.05) is 32.6 Å². The van der Waals surface area contributed by atoms with Crippen molar-refractivity contribution in [3.63, 3.8) is 0 Å². The molecule has 17 heavy (non-hydrogen) atoms. The SMILES string of the molecule is CCCCCCC(C)NCC(C)N1CCCC1. The van der Waals surface area contributed by atoms with Crippen molar-refractivity contribution in [2.75, 3.05) is 19.6 Å². The summed E-state index contributed by atoms with van der Waals surface area (Å²) in [5.41, 5.74) is 0. The van der Waals surface area contributed by atoms with Crippen molar-refractivity contribution in [2.45, 2.75) is 77.8 Å². The third-order valence-corrected chi connectivity index (χ3v) is 4.02. The number of nitrogens with zero attached hydrogens (tertiary/aromatic N) is 1. The third kappa shape index (κ3) is 6.42. The van der Waals surface area contributed by atoms with Crippen molar-refractivity contribution < 1.29 is 0 Å². The van der Waals surface area contributed by atoms with E-state index in [1.807, 2.05) is 0 Å². The molecule has 2 nitrogen and oxygen atoms in total. The average molecular weight is 240 g/mol. The minimum Gasteiger partial charge on any atom is -0.313 e. The largest absolute Gasteiger partial charge is 0.313 e. The molecule has 0 aliphatic carbocycles. The highest BCUT2D eigenvalue weighted by Gasteiger charge is 2.17. The van der Waals surface area contributed by atoms with E-state index in [1.54, 1.807) is 0 Å². The van der Waals surface area contributed by atoms with Gasteiger partial charge in [0.15, 0.2) is 0 Å². The number of nitrogens with one attached hydrogen (secondary N) is 1. The zero-order valence-corrected chi connectivity index (χ0v) is 12.2. The molecule has 1 heterocycles. The average Bonchev–Trinajstić information content (AvgIpc) is 2.85. The van der Waals surface area contributed by atoms with Crippen molar-refractivity contribution >= 4 is 0 Å². The van der Waals surface area contributed by atoms with Gasteiger partial charge in [-0.25, -0.2) is 0 Å². The van der Waals surface area contributed by atoms with Crippen LogP contribution in [0.15, 0.2) is 0 Å². The molecule has 1 N–H and O–H groups in total. The monoisotopic (exact) mass is 240 g/mol. The quantitative estimate of drug-likeness (QED) is 0.621. The highest BCUT2D eigenvalue weighted by molar-refractivity contribution is 4.75. The number of likely N-dealkylation sites (tertiary alicyclic amines) is 1. The molecule has 0 saturated carbocycles. The van der Waals surface area contributed by atoms with Crippen molar-refractivity contribution in [2.24, 2.45) is 0 Å². The summed E-state index contributed by atoms with van der Waals surface area (Å²) in [7, 11) is 0. The Hall–Kier alpha value is -0.0800. The molecule has 2 heteroatoms. The normalized spacial score (nSPS) is 20.6. The summed E-state index contributed by atoms with van der Waals surface area (Å²) >= 11 is 0. The molecule has 102 valence electrons. The second-order valence-electron chi connectivity index (χ2n) is 5.75. The molecular formula is C15H32N2. The molecule has 0 aromatic carbocycles. The van der Waals surface area contributed by atoms with Gasteiger partial charge in [-0.15, -0.1) is 0 Å². The van der Waals surface area contributed by atoms with E-state index in [0.29, 0.717) is 6.04 Å². The predicted octanol–water partition coefficient (Wildman–Crippen LogP) is 3.42. The van der Waals surface area contributed by atoms with Crippen LogP contribution >= 0.6 is 0 Å². The van der Waals surface area contributed by atoms with Gasteiger partial charge in [0.25, 0.3) is 0 Å². The zero-order chi connectivity index (χ0) is 12.5. The number of hydrogen-bond acceptors (Lipinski definition) is 2. The molecule has 1 rings (SSSR count). The zero-order valence-electron chi connectivity index (χ0n) is 12.2. The van der Waals surface area contributed by atoms with E-state index in [-0.39, 0.29) is 0 Å². The maximum Gasteiger partial charge on any atom is 0.0192 e. The lowest BCUT2D eigenvalue weighted by atomic mass is 10.1. The Morgan fingerprint density at radius 1 is 1.06 bits per heavy atom. The Morgan fingerprint density at radius 3 is 2.41 bits per heavy atom. The van der Waals surface area contributed by atoms with Crippen molar-refractivity contribution in [1.29, 1.82) is 0 Å². The van der Waals surface area contributed by atoms with Gasteiger partial charge in [0, 0.05) is 18.6 Å². The molecule has 1 saturated heterocycles. The first kappa shape index (κ1) is 15.0. The fourth-order valence-corrected chi connectivity index (χ4v) is 2.66. The van der Waals surface area contributed by atoms with Crippen molar-refractivity contribution in [1.82, 2.24) is 10.2 Å². The number of rotatable bonds is 9. The Kier molecular flexibility index (Phi) is 7.87. The smallest absolute Gasteiger partial charge is 0.0192 e. The predicted molar refractivity (Wildman–Crippen MR) is 76.5 cm³/mol. The van der Waals surface area contributed by atoms with Crippen LogP contribution in [0.3, 0.4) is 0 Å². The van der Waals surface area contributed by atoms with Crippen LogP contribution in [-0.2, 0) is 0 Å². The Labute approximate surface area is 108 Å². The van der Waals surface area contributed by atoms with Crippen molar-refractivity contribution in [3.8, 4) is 0 Å². The minimum atomic E-state index is 0.692. The van der Waals surface area contributed by atoms with Crippen LogP contribution in [0.2, 0.25) is 0 Å². The molecule has 0 bridgehead atoms. The first-order chi connectivity index (χ1) is 8.24. The first-order valence-corrected chi connectivity index (χ1v) is 7.71. The van der Waals surface area contributed by atoms with Crippen LogP contribution < -0.4 is 5.32 Å². The summed E-state index contributed by atoms with van der Waals surface area (Å²) in [4.78, 5) is 2.62. The summed E-state index contributed by atoms with van der Waals surface area (Å²) in [6.07, 6.45) is 9.68. The second-order valence-corrected chi connectivity index (χ2v) is 5.75. The summed E-state index contributed by atoms with van der Waals surface area (Å²) in [5, 5.41) is 3.69. The van der Waals surface area contributed by atoms with E-state index in [2.05, 4.69) is 31.0 Å². The van der Waals surface area contributed by atoms with Crippen LogP contribution in [-0.4, -0.2) is 36.6 Å². The Morgan fingerprint density at radius 2 is 1.76 bits per heavy atom. The van der Waals surface area contributed by atoms with Crippen LogP contribution in [0.5, 0.6) is 0 Å². The molecule has 0 spiro atoms. The van der Waals surface area contributed by atoms with Gasteiger partial charge >= 0.3 is 0 Å². The van der Waals surface area contributed by atoms with Crippen molar-refractivity contribution in [3.05, 3.63) is 0 Å². The van der Waals surface area contributed by atoms with Crippen LogP contribution in [0.1, 0.15) is 65.7 Å². The lowest BCUT2D eigenvalue weighted by molar-refractivity contribution is 0.245. The van der Waals surface area contributed by atoms with E-state index in [4.69, 9.17) is 0 Å². The molecule has 1 fully saturated rings. The minimum absolute atomic E-state index is 0.692. The Balaban J connectivity index is 2.00. The lowest BCUT2D eigenvalue weighted by Gasteiger charge is -2.25. The fourth-order valence-electron chi connectivity index (χ4n) is 2.66. The van der Waals surface area contributed by atoms with Gasteiger partial charge in [0.1, 0.15) is 0 Å². The summed E-state index contributed by atoms with van der Waals surface area (Å²) < 4.78 is 0. The number of hydrogen-bond donors (Lipinski definition) is 1. The van der Waals surface area contributed by atoms with Gasteiger partial charge < -0.3 is 5.32 Å². The number of unbranched alkanes of at least 4 members (excludes halogenated alkanes) is 3. The van der Waals surface area contributed by atoms with Gasteiger partial charge in [-0.3, -0.25) is 4.90 Å². The van der Waals surface area contributed by atoms with Crippen LogP contribution in [0, 0.1) is 0 Å². The molecule has 2 atom stereocenters. The Bertz CT molecular complexity index is 176. The molecule has 0 aromatic rings. The summed E-state index contributed by atoms with van der Waals surface area (Å²) in [6, 6.07) is 1.41. The van der Waals surface area contributed by atoms with E-state index >= 15 is 0 Å². The standard InChI is InChI=1S/C15H32N2/c1-4-5-6-7-10-14(2)16-13-15(3)17-11-8-9-12-17/h14-16H,4-13H2,1-3H3. The second kappa shape index (κ2) is 8.93. The van der Waals surface area contributed by atoms with Gasteiger partial charge in [0.05, 0.1) is 0 Å². The maximum absolute atomic E-state index is 3.69. The van der Waals surface area contributed by atoms with Gasteiger partial charge in [0.2, 0.25) is 0 Å². The van der Waals surface area contributed by atoms with Gasteiger partial charge in [-0.05, 0) is 46.2 Å². The van der Waals surface area contributed by atoms with E-state index < -0.39 is 0 Å². The highest BCUT2D eigenvalue weighted by atomic mass is 15.2. The highest BCUT2D eigenvalue weighted by Crippen LogP contribution is 2.11. The van der Waals surface area contributed by atoms with E-state index in [9.17, 15) is 0 Å². The fraction of sp³-hybridized carbons (Fsp3) is 1.00. The summed E-state index contributed by atoms with van der Waals surface area (Å²) in [5.74, 6) is 0. The van der Waals surface area contributed by atoms with E-state index in [0.717, 1.165) is 12.6 Å². The molecule has 1 aliphatic rings. The molecule has 1 aliphatic heterocycles. The molecule has 0 aromatic heterocycles. The molecule has 2 unspecified atom stereocenters. The van der Waals surface area contributed by atoms with Crippen LogP contribution in [0.4, 0.5) is 0 Å². The topological polar surface area (TPSA) is 15.3 Å². The lowest BCUT2D eigenvalue weighted by Crippen LogP contribution is -2.41. The molecular weight excluding hydrogens is 208 g/mol. The first-order valence-electron chi connectivity index (χ1n) is 7.71. The molecule has 0 radical (unpaired) electrons. The third-order valence-electron chi connectivity index (χ3n) is 4.02. The summed E-state index contributed by atoms with van der Waals surface area (Å²) in [6.45, 7) is 10.8. The van der Waals surface area contributed by atoms with Gasteiger partial charge in [-0.2, -0.15) is 0 Å². The maximum atomic E-state index is 3.69.